The minimum Gasteiger partial charge on any atom is -0.492 e. The Balaban J connectivity index is 1.94. The zero-order chi connectivity index (χ0) is 16.7. The lowest BCUT2D eigenvalue weighted by Gasteiger charge is -2.10. The number of hydrogen-bond donors (Lipinski definition) is 1. The lowest BCUT2D eigenvalue weighted by atomic mass is 10.1. The molecule has 1 N–H and O–H groups in total. The van der Waals surface area contributed by atoms with E-state index in [2.05, 4.69) is 28.2 Å². The molecule has 0 aliphatic heterocycles. The lowest BCUT2D eigenvalue weighted by molar-refractivity contribution is 0.0951. The van der Waals surface area contributed by atoms with Crippen LogP contribution in [0.2, 0.25) is 0 Å². The molecule has 0 aliphatic carbocycles. The molecule has 0 radical (unpaired) electrons. The highest BCUT2D eigenvalue weighted by Gasteiger charge is 2.09. The molecule has 122 valence electrons. The molecule has 1 amide bonds. The third kappa shape index (κ3) is 5.39. The molecule has 23 heavy (non-hydrogen) atoms. The number of amides is 1. The molecule has 0 atom stereocenters. The summed E-state index contributed by atoms with van der Waals surface area (Å²) in [5.74, 6) is 0.680. The summed E-state index contributed by atoms with van der Waals surface area (Å²) in [6.07, 6.45) is 2.11. The zero-order valence-electron chi connectivity index (χ0n) is 13.6. The van der Waals surface area contributed by atoms with Crippen LogP contribution in [0.15, 0.2) is 46.9 Å². The Morgan fingerprint density at radius 3 is 2.57 bits per heavy atom. The van der Waals surface area contributed by atoms with Gasteiger partial charge in [0.15, 0.2) is 0 Å². The maximum atomic E-state index is 12.2. The van der Waals surface area contributed by atoms with Crippen LogP contribution in [0.1, 0.15) is 41.3 Å². The SMILES string of the molecule is CCCCOc1ccc(C(=O)NCc2ccc(C)cc2)cc1Br. The van der Waals surface area contributed by atoms with Crippen LogP contribution in [-0.4, -0.2) is 12.5 Å². The topological polar surface area (TPSA) is 38.3 Å². The van der Waals surface area contributed by atoms with E-state index in [1.54, 1.807) is 12.1 Å². The van der Waals surface area contributed by atoms with E-state index in [1.807, 2.05) is 37.3 Å². The lowest BCUT2D eigenvalue weighted by Crippen LogP contribution is -2.22. The van der Waals surface area contributed by atoms with Crippen molar-refractivity contribution >= 4 is 21.8 Å². The van der Waals surface area contributed by atoms with Gasteiger partial charge in [0.25, 0.3) is 5.91 Å². The molecule has 0 unspecified atom stereocenters. The van der Waals surface area contributed by atoms with Crippen molar-refractivity contribution in [3.8, 4) is 5.75 Å². The van der Waals surface area contributed by atoms with Crippen LogP contribution in [0.25, 0.3) is 0 Å². The summed E-state index contributed by atoms with van der Waals surface area (Å²) < 4.78 is 6.48. The van der Waals surface area contributed by atoms with Crippen LogP contribution in [0.4, 0.5) is 0 Å². The van der Waals surface area contributed by atoms with Crippen LogP contribution in [0.3, 0.4) is 0 Å². The van der Waals surface area contributed by atoms with Gasteiger partial charge < -0.3 is 10.1 Å². The first-order valence-electron chi connectivity index (χ1n) is 7.86. The predicted octanol–water partition coefficient (Wildman–Crippen LogP) is 4.87. The number of carbonyl (C=O) groups excluding carboxylic acids is 1. The average molecular weight is 376 g/mol. The molecular weight excluding hydrogens is 354 g/mol. The molecule has 0 saturated carbocycles. The van der Waals surface area contributed by atoms with Crippen molar-refractivity contribution in [2.24, 2.45) is 0 Å². The molecule has 0 aromatic heterocycles. The second-order valence-corrected chi connectivity index (χ2v) is 6.37. The number of ether oxygens (including phenoxy) is 1. The second kappa shape index (κ2) is 8.73. The number of aryl methyl sites for hydroxylation is 1. The molecule has 3 nitrogen and oxygen atoms in total. The third-order valence-corrected chi connectivity index (χ3v) is 4.14. The Morgan fingerprint density at radius 2 is 1.91 bits per heavy atom. The number of hydrogen-bond acceptors (Lipinski definition) is 2. The monoisotopic (exact) mass is 375 g/mol. The number of benzene rings is 2. The second-order valence-electron chi connectivity index (χ2n) is 5.52. The van der Waals surface area contributed by atoms with E-state index < -0.39 is 0 Å². The van der Waals surface area contributed by atoms with E-state index in [4.69, 9.17) is 4.74 Å². The number of carbonyl (C=O) groups is 1. The van der Waals surface area contributed by atoms with E-state index in [9.17, 15) is 4.79 Å². The van der Waals surface area contributed by atoms with Crippen LogP contribution in [0, 0.1) is 6.92 Å². The van der Waals surface area contributed by atoms with Gasteiger partial charge >= 0.3 is 0 Å². The molecule has 0 fully saturated rings. The quantitative estimate of drug-likeness (QED) is 0.701. The van der Waals surface area contributed by atoms with Gasteiger partial charge in [-0.15, -0.1) is 0 Å². The molecule has 0 bridgehead atoms. The van der Waals surface area contributed by atoms with Gasteiger partial charge in [-0.05, 0) is 53.0 Å². The Morgan fingerprint density at radius 1 is 1.17 bits per heavy atom. The summed E-state index contributed by atoms with van der Waals surface area (Å²) in [6, 6.07) is 13.6. The van der Waals surface area contributed by atoms with Crippen molar-refractivity contribution < 1.29 is 9.53 Å². The van der Waals surface area contributed by atoms with E-state index in [1.165, 1.54) is 5.56 Å². The first-order chi connectivity index (χ1) is 11.1. The Bertz CT molecular complexity index is 653. The molecule has 0 aliphatic rings. The fraction of sp³-hybridized carbons (Fsp3) is 0.316. The van der Waals surface area contributed by atoms with Crippen molar-refractivity contribution in [1.29, 1.82) is 0 Å². The van der Waals surface area contributed by atoms with Gasteiger partial charge in [-0.25, -0.2) is 0 Å². The van der Waals surface area contributed by atoms with E-state index >= 15 is 0 Å². The molecule has 2 aromatic carbocycles. The highest BCUT2D eigenvalue weighted by atomic mass is 79.9. The molecule has 4 heteroatoms. The fourth-order valence-corrected chi connectivity index (χ4v) is 2.57. The summed E-state index contributed by atoms with van der Waals surface area (Å²) in [4.78, 5) is 12.2. The third-order valence-electron chi connectivity index (χ3n) is 3.52. The zero-order valence-corrected chi connectivity index (χ0v) is 15.2. The predicted molar refractivity (Wildman–Crippen MR) is 96.9 cm³/mol. The largest absolute Gasteiger partial charge is 0.492 e. The number of halogens is 1. The normalized spacial score (nSPS) is 10.4. The van der Waals surface area contributed by atoms with Gasteiger partial charge in [-0.2, -0.15) is 0 Å². The van der Waals surface area contributed by atoms with Crippen LogP contribution in [-0.2, 0) is 6.54 Å². The number of nitrogens with one attached hydrogen (secondary N) is 1. The molecular formula is C19H22BrNO2. The van der Waals surface area contributed by atoms with E-state index in [-0.39, 0.29) is 5.91 Å². The molecule has 2 rings (SSSR count). The minimum absolute atomic E-state index is 0.0913. The first kappa shape index (κ1) is 17.5. The van der Waals surface area contributed by atoms with Crippen LogP contribution in [0.5, 0.6) is 5.75 Å². The number of unbranched alkanes of at least 4 members (excludes halogenated alkanes) is 1. The van der Waals surface area contributed by atoms with Crippen LogP contribution < -0.4 is 10.1 Å². The van der Waals surface area contributed by atoms with Crippen molar-refractivity contribution in [2.45, 2.75) is 33.2 Å². The Kier molecular flexibility index (Phi) is 6.66. The van der Waals surface area contributed by atoms with Gasteiger partial charge in [0.05, 0.1) is 11.1 Å². The van der Waals surface area contributed by atoms with Gasteiger partial charge in [0.1, 0.15) is 5.75 Å². The van der Waals surface area contributed by atoms with Crippen molar-refractivity contribution in [3.05, 3.63) is 63.6 Å². The van der Waals surface area contributed by atoms with E-state index in [0.717, 1.165) is 28.6 Å². The summed E-state index contributed by atoms with van der Waals surface area (Å²) in [5.41, 5.74) is 2.91. The molecule has 0 saturated heterocycles. The highest BCUT2D eigenvalue weighted by molar-refractivity contribution is 9.10. The van der Waals surface area contributed by atoms with Crippen molar-refractivity contribution in [1.82, 2.24) is 5.32 Å². The standard InChI is InChI=1S/C19H22BrNO2/c1-3-4-11-23-18-10-9-16(12-17(18)20)19(22)21-13-15-7-5-14(2)6-8-15/h5-10,12H,3-4,11,13H2,1-2H3,(H,21,22). The Labute approximate surface area is 146 Å². The van der Waals surface area contributed by atoms with Crippen molar-refractivity contribution in [3.63, 3.8) is 0 Å². The average Bonchev–Trinajstić information content (AvgIpc) is 2.55. The van der Waals surface area contributed by atoms with Crippen LogP contribution >= 0.6 is 15.9 Å². The summed E-state index contributed by atoms with van der Waals surface area (Å²) >= 11 is 3.47. The maximum absolute atomic E-state index is 12.2. The maximum Gasteiger partial charge on any atom is 0.251 e. The van der Waals surface area contributed by atoms with Gasteiger partial charge in [-0.1, -0.05) is 43.2 Å². The molecule has 0 heterocycles. The Hall–Kier alpha value is -1.81. The highest BCUT2D eigenvalue weighted by Crippen LogP contribution is 2.26. The van der Waals surface area contributed by atoms with Gasteiger partial charge in [0.2, 0.25) is 0 Å². The van der Waals surface area contributed by atoms with E-state index in [0.29, 0.717) is 18.7 Å². The molecule has 0 spiro atoms. The fourth-order valence-electron chi connectivity index (χ4n) is 2.08. The summed E-state index contributed by atoms with van der Waals surface area (Å²) in [5, 5.41) is 2.93. The summed E-state index contributed by atoms with van der Waals surface area (Å²) in [7, 11) is 0. The van der Waals surface area contributed by atoms with Gasteiger partial charge in [0, 0.05) is 12.1 Å². The summed E-state index contributed by atoms with van der Waals surface area (Å²) in [6.45, 7) is 5.38. The number of rotatable bonds is 7. The van der Waals surface area contributed by atoms with Gasteiger partial charge in [-0.3, -0.25) is 4.79 Å². The first-order valence-corrected chi connectivity index (χ1v) is 8.65. The smallest absolute Gasteiger partial charge is 0.251 e. The van der Waals surface area contributed by atoms with Crippen molar-refractivity contribution in [2.75, 3.05) is 6.61 Å². The molecule has 2 aromatic rings. The minimum atomic E-state index is -0.0913.